The molecule has 0 aromatic rings. The minimum atomic E-state index is -9.49. The minimum absolute atomic E-state index is 1.23. The van der Waals surface area contributed by atoms with Crippen LogP contribution < -0.4 is 0 Å². The third-order valence-corrected chi connectivity index (χ3v) is 5.55. The Kier molecular flexibility index (Phi) is 9.08. The van der Waals surface area contributed by atoms with Gasteiger partial charge in [-0.15, -0.1) is 0 Å². The summed E-state index contributed by atoms with van der Waals surface area (Å²) in [5.41, 5.74) is 0. The molecule has 1 saturated heterocycles. The number of hydrogen-bond donors (Lipinski definition) is 0. The molecule has 1 aliphatic rings. The minimum Gasteiger partial charge on any atom is -0.268 e. The molecule has 282 valence electrons. The largest absolute Gasteiger partial charge is 0.460 e. The molecular weight excluding hydrogens is 782 g/mol. The molecule has 32 heteroatoms. The Morgan fingerprint density at radius 1 is 0.277 bits per heavy atom. The van der Waals surface area contributed by atoms with E-state index in [0.717, 1.165) is 0 Å². The van der Waals surface area contributed by atoms with Crippen molar-refractivity contribution in [2.75, 3.05) is 0 Å². The second-order valence-electron chi connectivity index (χ2n) is 8.59. The molecule has 1 rings (SSSR count). The van der Waals surface area contributed by atoms with E-state index in [-0.39, 0.29) is 0 Å². The van der Waals surface area contributed by atoms with E-state index in [1.165, 1.54) is 9.47 Å². The van der Waals surface area contributed by atoms with Gasteiger partial charge in [0.05, 0.1) is 0 Å². The smallest absolute Gasteiger partial charge is 0.268 e. The normalized spacial score (nSPS) is 25.4. The van der Waals surface area contributed by atoms with Gasteiger partial charge in [0.25, 0.3) is 0 Å². The summed E-state index contributed by atoms with van der Waals surface area (Å²) in [6.45, 7) is 0. The molecule has 0 spiro atoms. The second kappa shape index (κ2) is 9.96. The van der Waals surface area contributed by atoms with Crippen molar-refractivity contribution in [2.45, 2.75) is 89.6 Å². The van der Waals surface area contributed by atoms with Crippen LogP contribution in [0.25, 0.3) is 0 Å². The Morgan fingerprint density at radius 3 is 0.766 bits per heavy atom. The van der Waals surface area contributed by atoms with Crippen molar-refractivity contribution in [1.82, 2.24) is 0 Å². The molecule has 0 bridgehead atoms. The Balaban J connectivity index is 3.98. The fourth-order valence-corrected chi connectivity index (χ4v) is 2.80. The summed E-state index contributed by atoms with van der Waals surface area (Å²) in [4.78, 5) is 0. The molecule has 2 atom stereocenters. The molecule has 1 heterocycles. The highest BCUT2D eigenvalue weighted by atomic mass is 19.4. The lowest BCUT2D eigenvalue weighted by atomic mass is 9.90. The van der Waals surface area contributed by atoms with Crippen LogP contribution in [0.5, 0.6) is 0 Å². The zero-order valence-corrected chi connectivity index (χ0v) is 19.7. The molecule has 2 unspecified atom stereocenters. The zero-order valence-electron chi connectivity index (χ0n) is 19.7. The van der Waals surface area contributed by atoms with Crippen LogP contribution >= 0.6 is 0 Å². The molecule has 1 aliphatic heterocycles. The Bertz CT molecular complexity index is 1190. The van der Waals surface area contributed by atoms with Crippen LogP contribution in [0.2, 0.25) is 0 Å². The maximum atomic E-state index is 14.4. The summed E-state index contributed by atoms with van der Waals surface area (Å²) in [7, 11) is 0. The van der Waals surface area contributed by atoms with Crippen molar-refractivity contribution in [1.29, 1.82) is 0 Å². The average Bonchev–Trinajstić information content (AvgIpc) is 3.01. The predicted octanol–water partition coefficient (Wildman–Crippen LogP) is 9.39. The maximum Gasteiger partial charge on any atom is 0.460 e. The highest BCUT2D eigenvalue weighted by Gasteiger charge is 3.01. The van der Waals surface area contributed by atoms with Crippen LogP contribution in [-0.4, -0.2) is 89.6 Å². The molecule has 47 heavy (non-hydrogen) atoms. The third kappa shape index (κ3) is 4.77. The molecule has 0 aliphatic carbocycles. The van der Waals surface area contributed by atoms with Crippen molar-refractivity contribution in [2.24, 2.45) is 0 Å². The molecule has 2 nitrogen and oxygen atoms in total. The van der Waals surface area contributed by atoms with Gasteiger partial charge in [-0.3, -0.25) is 4.74 Å². The first kappa shape index (κ1) is 42.8. The molecular formula is C15F30O2. The van der Waals surface area contributed by atoms with Crippen LogP contribution in [0.1, 0.15) is 0 Å². The highest BCUT2D eigenvalue weighted by molar-refractivity contribution is 5.18. The summed E-state index contributed by atoms with van der Waals surface area (Å²) in [5, 5.41) is 0. The first-order chi connectivity index (χ1) is 19.7. The van der Waals surface area contributed by atoms with E-state index in [9.17, 15) is 132 Å². The Hall–Kier alpha value is -2.18. The molecule has 0 amide bonds. The van der Waals surface area contributed by atoms with E-state index < -0.39 is 89.6 Å². The van der Waals surface area contributed by atoms with Crippen LogP contribution in [0, 0.1) is 0 Å². The Labute approximate surface area is 232 Å². The first-order valence-electron chi connectivity index (χ1n) is 9.74. The molecule has 0 aromatic carbocycles. The summed E-state index contributed by atoms with van der Waals surface area (Å²) in [6, 6.07) is -8.45. The van der Waals surface area contributed by atoms with Gasteiger partial charge in [-0.1, -0.05) is 0 Å². The molecule has 1 fully saturated rings. The van der Waals surface area contributed by atoms with Crippen LogP contribution in [-0.2, 0) is 9.47 Å². The number of alkyl halides is 30. The SMILES string of the molecule is FC(F)(F)C(F)(F)C(F)(F)C(F)(F)C(F)(F)C(F)(F)C1(F)OC(F)(F)C(F)(C(F)(F)C(F)(F)C(F)(F)C(F)(F)C(F)(F)C(F)(F)F)O1. The van der Waals surface area contributed by atoms with Crippen molar-refractivity contribution in [3.8, 4) is 0 Å². The number of ether oxygens (including phenoxy) is 2. The van der Waals surface area contributed by atoms with Gasteiger partial charge in [0, 0.05) is 0 Å². The molecule has 0 radical (unpaired) electrons. The van der Waals surface area contributed by atoms with Gasteiger partial charge < -0.3 is 0 Å². The van der Waals surface area contributed by atoms with Crippen molar-refractivity contribution in [3.05, 3.63) is 0 Å². The van der Waals surface area contributed by atoms with E-state index in [1.807, 2.05) is 0 Å². The van der Waals surface area contributed by atoms with Gasteiger partial charge in [-0.05, 0) is 0 Å². The standard InChI is InChI=1S/C15F30O2/c16-1(17,4(22,23)8(30,31)12(37,38)39)3(20,21)7(28,29)11(36)14(43,44)47-15(45,46-11)10(34,35)6(26,27)2(18,19)5(24,25)9(32,33)13(40,41)42. The maximum absolute atomic E-state index is 14.4. The predicted molar refractivity (Wildman–Crippen MR) is 76.4 cm³/mol. The second-order valence-corrected chi connectivity index (χ2v) is 8.59. The molecule has 0 N–H and O–H groups in total. The Morgan fingerprint density at radius 2 is 0.511 bits per heavy atom. The number of halogens is 30. The van der Waals surface area contributed by atoms with Gasteiger partial charge >= 0.3 is 89.6 Å². The third-order valence-electron chi connectivity index (χ3n) is 5.55. The van der Waals surface area contributed by atoms with Gasteiger partial charge in [0.1, 0.15) is 0 Å². The van der Waals surface area contributed by atoms with Crippen LogP contribution in [0.15, 0.2) is 0 Å². The van der Waals surface area contributed by atoms with Gasteiger partial charge in [0.2, 0.25) is 0 Å². The van der Waals surface area contributed by atoms with E-state index >= 15 is 0 Å². The molecule has 0 aromatic heterocycles. The first-order valence-corrected chi connectivity index (χ1v) is 9.74. The van der Waals surface area contributed by atoms with Crippen molar-refractivity contribution >= 4 is 0 Å². The monoisotopic (exact) mass is 782 g/mol. The lowest BCUT2D eigenvalue weighted by Gasteiger charge is -2.43. The van der Waals surface area contributed by atoms with E-state index in [2.05, 4.69) is 0 Å². The summed E-state index contributed by atoms with van der Waals surface area (Å²) in [6.07, 6.45) is -24.8. The van der Waals surface area contributed by atoms with Crippen molar-refractivity contribution in [3.63, 3.8) is 0 Å². The highest BCUT2D eigenvalue weighted by Crippen LogP contribution is 2.70. The van der Waals surface area contributed by atoms with Crippen molar-refractivity contribution < 1.29 is 141 Å². The topological polar surface area (TPSA) is 18.5 Å². The average molecular weight is 782 g/mol. The summed E-state index contributed by atoms with van der Waals surface area (Å²) < 4.78 is 400. The van der Waals surface area contributed by atoms with E-state index in [1.54, 1.807) is 0 Å². The number of hydrogen-bond acceptors (Lipinski definition) is 2. The van der Waals surface area contributed by atoms with Crippen LogP contribution in [0.4, 0.5) is 132 Å². The number of rotatable bonds is 10. The lowest BCUT2D eigenvalue weighted by molar-refractivity contribution is -0.493. The quantitative estimate of drug-likeness (QED) is 0.206. The zero-order chi connectivity index (χ0) is 38.9. The lowest BCUT2D eigenvalue weighted by Crippen LogP contribution is -2.75. The van der Waals surface area contributed by atoms with Gasteiger partial charge in [-0.25, -0.2) is 4.74 Å². The van der Waals surface area contributed by atoms with Crippen LogP contribution in [0.3, 0.4) is 0 Å². The summed E-state index contributed by atoms with van der Waals surface area (Å²) >= 11 is 0. The van der Waals surface area contributed by atoms with E-state index in [0.29, 0.717) is 0 Å². The summed E-state index contributed by atoms with van der Waals surface area (Å²) in [5.74, 6) is -101. The van der Waals surface area contributed by atoms with Gasteiger partial charge in [0.15, 0.2) is 0 Å². The van der Waals surface area contributed by atoms with E-state index in [4.69, 9.17) is 0 Å². The van der Waals surface area contributed by atoms with Gasteiger partial charge in [-0.2, -0.15) is 132 Å². The fraction of sp³-hybridized carbons (Fsp3) is 1.00. The fourth-order valence-electron chi connectivity index (χ4n) is 2.80. The molecule has 0 saturated carbocycles.